The summed E-state index contributed by atoms with van der Waals surface area (Å²) in [6.45, 7) is 5.79. The molecule has 28 heavy (non-hydrogen) atoms. The summed E-state index contributed by atoms with van der Waals surface area (Å²) in [6, 6.07) is 12.8. The molecule has 0 atom stereocenters. The zero-order valence-electron chi connectivity index (χ0n) is 15.9. The van der Waals surface area contributed by atoms with E-state index < -0.39 is 10.0 Å². The van der Waals surface area contributed by atoms with Gasteiger partial charge in [0.15, 0.2) is 11.6 Å². The first-order chi connectivity index (χ1) is 13.4. The molecule has 1 aromatic carbocycles. The van der Waals surface area contributed by atoms with Crippen LogP contribution in [0.4, 0.5) is 5.82 Å². The second-order valence-electron chi connectivity index (χ2n) is 6.97. The van der Waals surface area contributed by atoms with Crippen molar-refractivity contribution >= 4 is 15.8 Å². The molecule has 1 aliphatic heterocycles. The molecule has 3 aromatic rings. The van der Waals surface area contributed by atoms with Gasteiger partial charge in [0.25, 0.3) is 0 Å². The average Bonchev–Trinajstić information content (AvgIpc) is 3.22. The highest BCUT2D eigenvalue weighted by molar-refractivity contribution is 7.89. The summed E-state index contributed by atoms with van der Waals surface area (Å²) in [4.78, 5) is 2.41. The molecule has 3 heterocycles. The lowest BCUT2D eigenvalue weighted by Gasteiger charge is -2.34. The molecule has 0 spiro atoms. The fourth-order valence-electron chi connectivity index (χ4n) is 3.44. The molecule has 0 aliphatic carbocycles. The van der Waals surface area contributed by atoms with E-state index >= 15 is 0 Å². The first-order valence-corrected chi connectivity index (χ1v) is 10.6. The van der Waals surface area contributed by atoms with E-state index in [0.29, 0.717) is 42.5 Å². The number of hydrogen-bond donors (Lipinski definition) is 0. The van der Waals surface area contributed by atoms with E-state index in [1.807, 2.05) is 43.0 Å². The second kappa shape index (κ2) is 7.37. The fourth-order valence-corrected chi connectivity index (χ4v) is 5.05. The normalized spacial score (nSPS) is 15.7. The van der Waals surface area contributed by atoms with Crippen molar-refractivity contribution < 1.29 is 12.8 Å². The Morgan fingerprint density at radius 3 is 2.21 bits per heavy atom. The van der Waals surface area contributed by atoms with Crippen molar-refractivity contribution in [3.05, 3.63) is 59.9 Å². The van der Waals surface area contributed by atoms with E-state index in [0.717, 1.165) is 16.9 Å². The van der Waals surface area contributed by atoms with Crippen LogP contribution >= 0.6 is 0 Å². The van der Waals surface area contributed by atoms with Crippen molar-refractivity contribution in [3.8, 4) is 11.5 Å². The van der Waals surface area contributed by atoms with Gasteiger partial charge in [-0.1, -0.05) is 6.07 Å². The maximum Gasteiger partial charge on any atom is 0.243 e. The summed E-state index contributed by atoms with van der Waals surface area (Å²) >= 11 is 0. The average molecular weight is 398 g/mol. The van der Waals surface area contributed by atoms with Gasteiger partial charge in [0.2, 0.25) is 10.0 Å². The Morgan fingerprint density at radius 1 is 0.929 bits per heavy atom. The molecule has 1 aliphatic rings. The number of aromatic nitrogens is 2. The SMILES string of the molecule is Cc1cc(C)cc(S(=O)(=O)N2CCN(c3ccc(-c4ccco4)nn3)CC2)c1. The molecule has 4 rings (SSSR count). The van der Waals surface area contributed by atoms with Crippen LogP contribution in [0.5, 0.6) is 0 Å². The Morgan fingerprint density at radius 2 is 1.64 bits per heavy atom. The van der Waals surface area contributed by atoms with Crippen molar-refractivity contribution in [2.24, 2.45) is 0 Å². The van der Waals surface area contributed by atoms with Crippen LogP contribution in [0.25, 0.3) is 11.5 Å². The number of piperazine rings is 1. The van der Waals surface area contributed by atoms with E-state index in [1.54, 1.807) is 28.8 Å². The lowest BCUT2D eigenvalue weighted by Crippen LogP contribution is -2.49. The van der Waals surface area contributed by atoms with Crippen molar-refractivity contribution in [2.75, 3.05) is 31.1 Å². The maximum absolute atomic E-state index is 13.0. The third-order valence-corrected chi connectivity index (χ3v) is 6.70. The largest absolute Gasteiger partial charge is 0.463 e. The highest BCUT2D eigenvalue weighted by Gasteiger charge is 2.29. The number of rotatable bonds is 4. The molecule has 8 heteroatoms. The Bertz CT molecular complexity index is 1040. The molecule has 146 valence electrons. The standard InChI is InChI=1S/C20H22N4O3S/c1-15-12-16(2)14-17(13-15)28(25,26)24-9-7-23(8-10-24)20-6-5-18(21-22-20)19-4-3-11-27-19/h3-6,11-14H,7-10H2,1-2H3. The van der Waals surface area contributed by atoms with Crippen LogP contribution in [0.1, 0.15) is 11.1 Å². The summed E-state index contributed by atoms with van der Waals surface area (Å²) in [7, 11) is -3.49. The van der Waals surface area contributed by atoms with Gasteiger partial charge < -0.3 is 9.32 Å². The third-order valence-electron chi connectivity index (χ3n) is 4.82. The first kappa shape index (κ1) is 18.6. The Labute approximate surface area is 164 Å². The molecule has 0 radical (unpaired) electrons. The lowest BCUT2D eigenvalue weighted by atomic mass is 10.2. The zero-order chi connectivity index (χ0) is 19.7. The minimum Gasteiger partial charge on any atom is -0.463 e. The monoisotopic (exact) mass is 398 g/mol. The van der Waals surface area contributed by atoms with Crippen LogP contribution in [-0.2, 0) is 10.0 Å². The molecule has 1 fully saturated rings. The molecular weight excluding hydrogens is 376 g/mol. The van der Waals surface area contributed by atoms with E-state index in [4.69, 9.17) is 4.42 Å². The van der Waals surface area contributed by atoms with Gasteiger partial charge in [-0.2, -0.15) is 4.31 Å². The van der Waals surface area contributed by atoms with Gasteiger partial charge >= 0.3 is 0 Å². The maximum atomic E-state index is 13.0. The van der Waals surface area contributed by atoms with Crippen LogP contribution in [-0.4, -0.2) is 49.1 Å². The topological polar surface area (TPSA) is 79.5 Å². The predicted octanol–water partition coefficient (Wildman–Crippen LogP) is 2.86. The molecule has 0 N–H and O–H groups in total. The molecule has 1 saturated heterocycles. The minimum atomic E-state index is -3.49. The summed E-state index contributed by atoms with van der Waals surface area (Å²) < 4.78 is 32.8. The van der Waals surface area contributed by atoms with Gasteiger partial charge in [0.05, 0.1) is 11.2 Å². The molecule has 0 saturated carbocycles. The van der Waals surface area contributed by atoms with Gasteiger partial charge in [-0.15, -0.1) is 10.2 Å². The van der Waals surface area contributed by atoms with Gasteiger partial charge in [-0.05, 0) is 61.4 Å². The summed E-state index contributed by atoms with van der Waals surface area (Å²) in [6.07, 6.45) is 1.60. The number of anilines is 1. The van der Waals surface area contributed by atoms with Crippen LogP contribution < -0.4 is 4.90 Å². The smallest absolute Gasteiger partial charge is 0.243 e. The van der Waals surface area contributed by atoms with Crippen LogP contribution in [0.2, 0.25) is 0 Å². The van der Waals surface area contributed by atoms with Crippen molar-refractivity contribution in [1.82, 2.24) is 14.5 Å². The number of hydrogen-bond acceptors (Lipinski definition) is 6. The zero-order valence-corrected chi connectivity index (χ0v) is 16.7. The highest BCUT2D eigenvalue weighted by Crippen LogP contribution is 2.23. The Kier molecular flexibility index (Phi) is 4.91. The lowest BCUT2D eigenvalue weighted by molar-refractivity contribution is 0.383. The third kappa shape index (κ3) is 3.65. The number of nitrogens with zero attached hydrogens (tertiary/aromatic N) is 4. The molecule has 2 aromatic heterocycles. The second-order valence-corrected chi connectivity index (χ2v) is 8.91. The number of benzene rings is 1. The number of furan rings is 1. The number of sulfonamides is 1. The van der Waals surface area contributed by atoms with E-state index in [2.05, 4.69) is 10.2 Å². The summed E-state index contributed by atoms with van der Waals surface area (Å²) in [5.74, 6) is 1.40. The fraction of sp³-hybridized carbons (Fsp3) is 0.300. The van der Waals surface area contributed by atoms with Crippen LogP contribution in [0.3, 0.4) is 0 Å². The Balaban J connectivity index is 1.45. The summed E-state index contributed by atoms with van der Waals surface area (Å²) in [5.41, 5.74) is 2.57. The minimum absolute atomic E-state index is 0.362. The van der Waals surface area contributed by atoms with Gasteiger partial charge in [0.1, 0.15) is 5.69 Å². The van der Waals surface area contributed by atoms with Gasteiger partial charge in [-0.3, -0.25) is 0 Å². The van der Waals surface area contributed by atoms with Crippen molar-refractivity contribution in [3.63, 3.8) is 0 Å². The van der Waals surface area contributed by atoms with Gasteiger partial charge in [0, 0.05) is 26.2 Å². The van der Waals surface area contributed by atoms with Gasteiger partial charge in [-0.25, -0.2) is 8.42 Å². The molecule has 0 bridgehead atoms. The van der Waals surface area contributed by atoms with Crippen LogP contribution in [0, 0.1) is 13.8 Å². The van der Waals surface area contributed by atoms with E-state index in [-0.39, 0.29) is 0 Å². The van der Waals surface area contributed by atoms with Crippen LogP contribution in [0.15, 0.2) is 58.0 Å². The summed E-state index contributed by atoms with van der Waals surface area (Å²) in [5, 5.41) is 8.49. The predicted molar refractivity (Wildman–Crippen MR) is 107 cm³/mol. The highest BCUT2D eigenvalue weighted by atomic mass is 32.2. The first-order valence-electron chi connectivity index (χ1n) is 9.14. The van der Waals surface area contributed by atoms with E-state index in [9.17, 15) is 8.42 Å². The molecular formula is C20H22N4O3S. The number of aryl methyl sites for hydroxylation is 2. The van der Waals surface area contributed by atoms with E-state index in [1.165, 1.54) is 0 Å². The Hall–Kier alpha value is -2.71. The quantitative estimate of drug-likeness (QED) is 0.672. The molecule has 0 amide bonds. The molecule has 7 nitrogen and oxygen atoms in total. The van der Waals surface area contributed by atoms with Crippen molar-refractivity contribution in [1.29, 1.82) is 0 Å². The molecule has 0 unspecified atom stereocenters. The van der Waals surface area contributed by atoms with Crippen molar-refractivity contribution in [2.45, 2.75) is 18.7 Å².